The zero-order valence-corrected chi connectivity index (χ0v) is 11.5. The molecule has 1 saturated carbocycles. The molecule has 0 atom stereocenters. The Labute approximate surface area is 106 Å². The molecule has 0 spiro atoms. The van der Waals surface area contributed by atoms with Crippen LogP contribution in [0.3, 0.4) is 0 Å². The maximum atomic E-state index is 9.00. The lowest BCUT2D eigenvalue weighted by Gasteiger charge is -2.14. The minimum absolute atomic E-state index is 0.833. The lowest BCUT2D eigenvalue weighted by molar-refractivity contribution is -0.134. The van der Waals surface area contributed by atoms with Crippen LogP contribution >= 0.6 is 0 Å². The monoisotopic (exact) mass is 243 g/mol. The summed E-state index contributed by atoms with van der Waals surface area (Å²) in [7, 11) is 0. The van der Waals surface area contributed by atoms with Gasteiger partial charge in [-0.3, -0.25) is 4.79 Å². The molecule has 1 aliphatic rings. The van der Waals surface area contributed by atoms with Crippen molar-refractivity contribution in [2.75, 3.05) is 13.1 Å². The van der Waals surface area contributed by atoms with E-state index in [4.69, 9.17) is 9.90 Å². The number of carbonyl (C=O) groups is 1. The lowest BCUT2D eigenvalue weighted by atomic mass is 10.0. The van der Waals surface area contributed by atoms with Crippen molar-refractivity contribution in [1.82, 2.24) is 5.32 Å². The Morgan fingerprint density at radius 2 is 1.76 bits per heavy atom. The largest absolute Gasteiger partial charge is 0.481 e. The van der Waals surface area contributed by atoms with Crippen LogP contribution in [0.5, 0.6) is 0 Å². The third-order valence-corrected chi connectivity index (χ3v) is 3.11. The van der Waals surface area contributed by atoms with E-state index in [0.717, 1.165) is 12.8 Å². The van der Waals surface area contributed by atoms with Gasteiger partial charge < -0.3 is 10.4 Å². The Kier molecular flexibility index (Phi) is 11.5. The quantitative estimate of drug-likeness (QED) is 0.574. The number of rotatable bonds is 5. The smallest absolute Gasteiger partial charge is 0.300 e. The van der Waals surface area contributed by atoms with Gasteiger partial charge in [-0.15, -0.1) is 0 Å². The first-order valence-electron chi connectivity index (χ1n) is 7.07. The van der Waals surface area contributed by atoms with Crippen LogP contribution in [0.25, 0.3) is 0 Å². The first-order chi connectivity index (χ1) is 8.16. The van der Waals surface area contributed by atoms with E-state index >= 15 is 0 Å². The molecule has 3 heteroatoms. The number of nitrogens with one attached hydrogen (secondary N) is 1. The summed E-state index contributed by atoms with van der Waals surface area (Å²) in [6.07, 6.45) is 11.5. The number of unbranched alkanes of at least 4 members (excludes halogenated alkanes) is 1. The van der Waals surface area contributed by atoms with Crippen molar-refractivity contribution in [3.8, 4) is 0 Å². The highest BCUT2D eigenvalue weighted by molar-refractivity contribution is 5.62. The maximum absolute atomic E-state index is 9.00. The van der Waals surface area contributed by atoms with E-state index in [2.05, 4.69) is 12.2 Å². The molecule has 3 nitrogen and oxygen atoms in total. The average molecular weight is 243 g/mol. The molecule has 0 saturated heterocycles. The molecule has 0 aliphatic heterocycles. The van der Waals surface area contributed by atoms with E-state index in [9.17, 15) is 0 Å². The summed E-state index contributed by atoms with van der Waals surface area (Å²) in [6.45, 7) is 5.85. The van der Waals surface area contributed by atoms with Crippen molar-refractivity contribution >= 4 is 5.97 Å². The SMILES string of the molecule is CC(=O)O.CCCCNCC1CCCCCC1. The Morgan fingerprint density at radius 1 is 1.24 bits per heavy atom. The van der Waals surface area contributed by atoms with Crippen LogP contribution in [0.4, 0.5) is 0 Å². The Bertz CT molecular complexity index is 171. The van der Waals surface area contributed by atoms with Gasteiger partial charge in [0.1, 0.15) is 0 Å². The van der Waals surface area contributed by atoms with Crippen molar-refractivity contribution in [1.29, 1.82) is 0 Å². The third-order valence-electron chi connectivity index (χ3n) is 3.11. The van der Waals surface area contributed by atoms with Gasteiger partial charge >= 0.3 is 0 Å². The Hall–Kier alpha value is -0.570. The van der Waals surface area contributed by atoms with Gasteiger partial charge in [-0.2, -0.15) is 0 Å². The van der Waals surface area contributed by atoms with Crippen molar-refractivity contribution in [3.63, 3.8) is 0 Å². The lowest BCUT2D eigenvalue weighted by Crippen LogP contribution is -2.23. The number of carboxylic acid groups (broad SMARTS) is 1. The van der Waals surface area contributed by atoms with Crippen molar-refractivity contribution in [2.45, 2.75) is 65.2 Å². The van der Waals surface area contributed by atoms with Crippen molar-refractivity contribution < 1.29 is 9.90 Å². The Morgan fingerprint density at radius 3 is 2.24 bits per heavy atom. The van der Waals surface area contributed by atoms with Crippen LogP contribution in [0.1, 0.15) is 65.2 Å². The zero-order valence-electron chi connectivity index (χ0n) is 11.5. The number of hydrogen-bond donors (Lipinski definition) is 2. The fraction of sp³-hybridized carbons (Fsp3) is 0.929. The molecule has 0 aromatic heterocycles. The van der Waals surface area contributed by atoms with Crippen LogP contribution in [-0.2, 0) is 4.79 Å². The van der Waals surface area contributed by atoms with Gasteiger partial charge in [0, 0.05) is 6.92 Å². The summed E-state index contributed by atoms with van der Waals surface area (Å²) in [6, 6.07) is 0. The van der Waals surface area contributed by atoms with Gasteiger partial charge in [0.25, 0.3) is 5.97 Å². The first-order valence-corrected chi connectivity index (χ1v) is 7.07. The van der Waals surface area contributed by atoms with Crippen LogP contribution in [0.15, 0.2) is 0 Å². The predicted octanol–water partition coefficient (Wildman–Crippen LogP) is 3.44. The van der Waals surface area contributed by atoms with E-state index < -0.39 is 5.97 Å². The molecule has 102 valence electrons. The average Bonchev–Trinajstić information content (AvgIpc) is 2.52. The molecule has 0 heterocycles. The van der Waals surface area contributed by atoms with Crippen LogP contribution in [-0.4, -0.2) is 24.2 Å². The molecular formula is C14H29NO2. The fourth-order valence-corrected chi connectivity index (χ4v) is 2.18. The van der Waals surface area contributed by atoms with Gasteiger partial charge in [0.2, 0.25) is 0 Å². The van der Waals surface area contributed by atoms with E-state index in [-0.39, 0.29) is 0 Å². The number of aliphatic carboxylic acids is 1. The van der Waals surface area contributed by atoms with Gasteiger partial charge in [-0.05, 0) is 38.3 Å². The molecule has 0 bridgehead atoms. The summed E-state index contributed by atoms with van der Waals surface area (Å²) >= 11 is 0. The standard InChI is InChI=1S/C12H25N.C2H4O2/c1-2-3-10-13-11-12-8-6-4-5-7-9-12;1-2(3)4/h12-13H,2-11H2,1H3;1H3,(H,3,4). The van der Waals surface area contributed by atoms with E-state index in [0.29, 0.717) is 0 Å². The van der Waals surface area contributed by atoms with E-state index in [1.807, 2.05) is 0 Å². The molecule has 2 N–H and O–H groups in total. The van der Waals surface area contributed by atoms with Gasteiger partial charge in [0.15, 0.2) is 0 Å². The highest BCUT2D eigenvalue weighted by atomic mass is 16.4. The summed E-state index contributed by atoms with van der Waals surface area (Å²) in [5, 5.41) is 11.0. The van der Waals surface area contributed by atoms with Crippen LogP contribution in [0.2, 0.25) is 0 Å². The molecule has 17 heavy (non-hydrogen) atoms. The molecule has 0 amide bonds. The topological polar surface area (TPSA) is 49.3 Å². The summed E-state index contributed by atoms with van der Waals surface area (Å²) in [5.74, 6) is 0.152. The minimum atomic E-state index is -0.833. The predicted molar refractivity (Wildman–Crippen MR) is 72.3 cm³/mol. The highest BCUT2D eigenvalue weighted by Gasteiger charge is 2.10. The summed E-state index contributed by atoms with van der Waals surface area (Å²) in [5.41, 5.74) is 0. The number of carboxylic acids is 1. The van der Waals surface area contributed by atoms with Gasteiger partial charge in [-0.1, -0.05) is 39.0 Å². The molecule has 0 aromatic rings. The molecular weight excluding hydrogens is 214 g/mol. The zero-order chi connectivity index (χ0) is 12.9. The Balaban J connectivity index is 0.000000557. The van der Waals surface area contributed by atoms with E-state index in [1.54, 1.807) is 0 Å². The second kappa shape index (κ2) is 11.9. The summed E-state index contributed by atoms with van der Waals surface area (Å²) in [4.78, 5) is 9.00. The molecule has 1 rings (SSSR count). The van der Waals surface area contributed by atoms with Crippen LogP contribution < -0.4 is 5.32 Å². The summed E-state index contributed by atoms with van der Waals surface area (Å²) < 4.78 is 0. The van der Waals surface area contributed by atoms with E-state index in [1.165, 1.54) is 64.5 Å². The second-order valence-electron chi connectivity index (χ2n) is 4.93. The third kappa shape index (κ3) is 13.4. The molecule has 0 unspecified atom stereocenters. The maximum Gasteiger partial charge on any atom is 0.300 e. The second-order valence-corrected chi connectivity index (χ2v) is 4.93. The molecule has 0 aromatic carbocycles. The molecule has 0 radical (unpaired) electrons. The fourth-order valence-electron chi connectivity index (χ4n) is 2.18. The van der Waals surface area contributed by atoms with Crippen molar-refractivity contribution in [3.05, 3.63) is 0 Å². The minimum Gasteiger partial charge on any atom is -0.481 e. The van der Waals surface area contributed by atoms with Gasteiger partial charge in [0.05, 0.1) is 0 Å². The first kappa shape index (κ1) is 16.4. The van der Waals surface area contributed by atoms with Crippen LogP contribution in [0, 0.1) is 5.92 Å². The molecule has 1 fully saturated rings. The van der Waals surface area contributed by atoms with Crippen molar-refractivity contribution in [2.24, 2.45) is 5.92 Å². The normalized spacial score (nSPS) is 16.8. The molecule has 1 aliphatic carbocycles. The van der Waals surface area contributed by atoms with Gasteiger partial charge in [-0.25, -0.2) is 0 Å². The number of hydrogen-bond acceptors (Lipinski definition) is 2. The highest BCUT2D eigenvalue weighted by Crippen LogP contribution is 2.21.